The van der Waals surface area contributed by atoms with Crippen LogP contribution in [0, 0.1) is 5.92 Å². The van der Waals surface area contributed by atoms with Gasteiger partial charge in [-0.1, -0.05) is 12.2 Å². The Morgan fingerprint density at radius 1 is 1.25 bits per heavy atom. The average Bonchev–Trinajstić information content (AvgIpc) is 3.07. The topological polar surface area (TPSA) is 49.3 Å². The molecule has 2 aliphatic rings. The summed E-state index contributed by atoms with van der Waals surface area (Å²) < 4.78 is 38.2. The molecule has 2 heterocycles. The molecule has 1 aromatic rings. The summed E-state index contributed by atoms with van der Waals surface area (Å²) >= 11 is 0. The maximum absolute atomic E-state index is 12.7. The van der Waals surface area contributed by atoms with Crippen molar-refractivity contribution >= 4 is 11.9 Å². The van der Waals surface area contributed by atoms with E-state index in [9.17, 15) is 18.0 Å². The lowest BCUT2D eigenvalue weighted by atomic mass is 10.0. The van der Waals surface area contributed by atoms with Crippen molar-refractivity contribution in [3.05, 3.63) is 30.1 Å². The summed E-state index contributed by atoms with van der Waals surface area (Å²) in [5, 5.41) is 0. The van der Waals surface area contributed by atoms with E-state index in [0.717, 1.165) is 25.1 Å². The largest absolute Gasteiger partial charge is 0.433 e. The number of amides is 1. The molecular formula is C16H19F3N4O. The second-order valence-corrected chi connectivity index (χ2v) is 6.08. The highest BCUT2D eigenvalue weighted by atomic mass is 19.4. The van der Waals surface area contributed by atoms with Gasteiger partial charge in [0.1, 0.15) is 5.69 Å². The van der Waals surface area contributed by atoms with Crippen molar-refractivity contribution in [2.45, 2.75) is 25.4 Å². The Morgan fingerprint density at radius 3 is 2.62 bits per heavy atom. The Labute approximate surface area is 138 Å². The summed E-state index contributed by atoms with van der Waals surface area (Å²) in [7, 11) is 0. The molecule has 1 saturated heterocycles. The van der Waals surface area contributed by atoms with Gasteiger partial charge in [0.15, 0.2) is 0 Å². The van der Waals surface area contributed by atoms with E-state index >= 15 is 0 Å². The number of halogens is 3. The van der Waals surface area contributed by atoms with E-state index in [4.69, 9.17) is 0 Å². The SMILES string of the molecule is O=C(CC1C=CCC1)N1CCN(c2nccc(C(F)(F)F)n2)CC1. The summed E-state index contributed by atoms with van der Waals surface area (Å²) in [6.07, 6.45) is 3.38. The first-order valence-corrected chi connectivity index (χ1v) is 8.03. The summed E-state index contributed by atoms with van der Waals surface area (Å²) in [6.45, 7) is 1.84. The van der Waals surface area contributed by atoms with Crippen molar-refractivity contribution in [3.63, 3.8) is 0 Å². The predicted molar refractivity (Wildman–Crippen MR) is 82.3 cm³/mol. The fourth-order valence-electron chi connectivity index (χ4n) is 3.03. The first-order valence-electron chi connectivity index (χ1n) is 8.03. The van der Waals surface area contributed by atoms with E-state index in [2.05, 4.69) is 22.1 Å². The van der Waals surface area contributed by atoms with Crippen LogP contribution in [0.3, 0.4) is 0 Å². The molecule has 1 fully saturated rings. The van der Waals surface area contributed by atoms with Crippen LogP contribution in [0.4, 0.5) is 19.1 Å². The normalized spacial score (nSPS) is 21.4. The number of carbonyl (C=O) groups excluding carboxylic acids is 1. The fourth-order valence-corrected chi connectivity index (χ4v) is 3.03. The number of aromatic nitrogens is 2. The smallest absolute Gasteiger partial charge is 0.339 e. The predicted octanol–water partition coefficient (Wildman–Crippen LogP) is 2.50. The molecule has 130 valence electrons. The molecule has 1 amide bonds. The molecule has 1 aliphatic carbocycles. The van der Waals surface area contributed by atoms with Crippen molar-refractivity contribution < 1.29 is 18.0 Å². The highest BCUT2D eigenvalue weighted by Crippen LogP contribution is 2.28. The Bertz CT molecular complexity index is 624. The zero-order valence-corrected chi connectivity index (χ0v) is 13.2. The molecule has 0 aromatic carbocycles. The molecule has 1 unspecified atom stereocenters. The van der Waals surface area contributed by atoms with E-state index in [1.807, 2.05) is 0 Å². The van der Waals surface area contributed by atoms with Crippen LogP contribution in [0.15, 0.2) is 24.4 Å². The van der Waals surface area contributed by atoms with E-state index < -0.39 is 11.9 Å². The maximum atomic E-state index is 12.7. The van der Waals surface area contributed by atoms with Gasteiger partial charge in [-0.2, -0.15) is 13.2 Å². The van der Waals surface area contributed by atoms with E-state index in [1.54, 1.807) is 9.80 Å². The van der Waals surface area contributed by atoms with Gasteiger partial charge in [-0.25, -0.2) is 9.97 Å². The number of nitrogens with zero attached hydrogens (tertiary/aromatic N) is 4. The molecule has 1 atom stereocenters. The highest BCUT2D eigenvalue weighted by molar-refractivity contribution is 5.77. The number of hydrogen-bond acceptors (Lipinski definition) is 4. The maximum Gasteiger partial charge on any atom is 0.433 e. The minimum atomic E-state index is -4.48. The van der Waals surface area contributed by atoms with Crippen LogP contribution in [0.5, 0.6) is 0 Å². The van der Waals surface area contributed by atoms with Crippen LogP contribution in [0.2, 0.25) is 0 Å². The number of carbonyl (C=O) groups is 1. The van der Waals surface area contributed by atoms with Gasteiger partial charge in [0.05, 0.1) is 0 Å². The third kappa shape index (κ3) is 3.85. The molecule has 0 saturated carbocycles. The van der Waals surface area contributed by atoms with Crippen LogP contribution in [-0.2, 0) is 11.0 Å². The van der Waals surface area contributed by atoms with Crippen molar-refractivity contribution in [1.29, 1.82) is 0 Å². The highest BCUT2D eigenvalue weighted by Gasteiger charge is 2.33. The zero-order chi connectivity index (χ0) is 17.2. The summed E-state index contributed by atoms with van der Waals surface area (Å²) in [5.74, 6) is 0.495. The molecule has 0 spiro atoms. The molecule has 1 aromatic heterocycles. The molecule has 1 aliphatic heterocycles. The zero-order valence-electron chi connectivity index (χ0n) is 13.2. The van der Waals surface area contributed by atoms with Gasteiger partial charge in [-0.15, -0.1) is 0 Å². The van der Waals surface area contributed by atoms with Gasteiger partial charge in [0.25, 0.3) is 0 Å². The molecule has 3 rings (SSSR count). The van der Waals surface area contributed by atoms with Crippen LogP contribution in [0.1, 0.15) is 25.0 Å². The Kier molecular flexibility index (Phi) is 4.73. The molecule has 0 radical (unpaired) electrons. The number of alkyl halides is 3. The van der Waals surface area contributed by atoms with Gasteiger partial charge in [0.2, 0.25) is 11.9 Å². The first kappa shape index (κ1) is 16.7. The van der Waals surface area contributed by atoms with Gasteiger partial charge < -0.3 is 9.80 Å². The second-order valence-electron chi connectivity index (χ2n) is 6.08. The number of anilines is 1. The van der Waals surface area contributed by atoms with E-state index in [0.29, 0.717) is 38.5 Å². The molecule has 0 N–H and O–H groups in total. The Balaban J connectivity index is 1.57. The molecule has 0 bridgehead atoms. The van der Waals surface area contributed by atoms with Gasteiger partial charge in [-0.3, -0.25) is 4.79 Å². The van der Waals surface area contributed by atoms with Gasteiger partial charge >= 0.3 is 6.18 Å². The first-order chi connectivity index (χ1) is 11.4. The Morgan fingerprint density at radius 2 is 2.00 bits per heavy atom. The fraction of sp³-hybridized carbons (Fsp3) is 0.562. The number of rotatable bonds is 3. The van der Waals surface area contributed by atoms with E-state index in [1.165, 1.54) is 0 Å². The summed E-state index contributed by atoms with van der Waals surface area (Å²) in [6, 6.07) is 0.860. The molecular weight excluding hydrogens is 321 g/mol. The minimum Gasteiger partial charge on any atom is -0.339 e. The lowest BCUT2D eigenvalue weighted by Gasteiger charge is -2.35. The van der Waals surface area contributed by atoms with Crippen LogP contribution < -0.4 is 4.90 Å². The summed E-state index contributed by atoms with van der Waals surface area (Å²) in [4.78, 5) is 23.3. The number of allylic oxidation sites excluding steroid dienone is 2. The second kappa shape index (κ2) is 6.78. The quantitative estimate of drug-likeness (QED) is 0.794. The minimum absolute atomic E-state index is 0.0654. The van der Waals surface area contributed by atoms with Crippen LogP contribution in [0.25, 0.3) is 0 Å². The average molecular weight is 340 g/mol. The monoisotopic (exact) mass is 340 g/mol. The Hall–Kier alpha value is -2.12. The summed E-state index contributed by atoms with van der Waals surface area (Å²) in [5.41, 5.74) is -0.945. The van der Waals surface area contributed by atoms with Gasteiger partial charge in [0, 0.05) is 38.8 Å². The van der Waals surface area contributed by atoms with Crippen molar-refractivity contribution in [3.8, 4) is 0 Å². The molecule has 24 heavy (non-hydrogen) atoms. The molecule has 5 nitrogen and oxygen atoms in total. The lowest BCUT2D eigenvalue weighted by Crippen LogP contribution is -2.49. The third-order valence-corrected chi connectivity index (χ3v) is 4.40. The van der Waals surface area contributed by atoms with Crippen LogP contribution >= 0.6 is 0 Å². The lowest BCUT2D eigenvalue weighted by molar-refractivity contribution is -0.141. The third-order valence-electron chi connectivity index (χ3n) is 4.40. The number of piperazine rings is 1. The van der Waals surface area contributed by atoms with Crippen molar-refractivity contribution in [2.24, 2.45) is 5.92 Å². The van der Waals surface area contributed by atoms with Crippen molar-refractivity contribution in [2.75, 3.05) is 31.1 Å². The standard InChI is InChI=1S/C16H19F3N4O/c17-16(18,19)13-5-6-20-15(21-13)23-9-7-22(8-10-23)14(24)11-12-3-1-2-4-12/h1,3,5-6,12H,2,4,7-11H2. The van der Waals surface area contributed by atoms with Crippen molar-refractivity contribution in [1.82, 2.24) is 14.9 Å². The van der Waals surface area contributed by atoms with Gasteiger partial charge in [-0.05, 0) is 24.8 Å². The van der Waals surface area contributed by atoms with E-state index in [-0.39, 0.29) is 11.9 Å². The number of hydrogen-bond donors (Lipinski definition) is 0. The van der Waals surface area contributed by atoms with Crippen LogP contribution in [-0.4, -0.2) is 47.0 Å². The molecule has 8 heteroatoms.